The molecule has 9 nitrogen and oxygen atoms in total. The van der Waals surface area contributed by atoms with Crippen molar-refractivity contribution in [2.24, 2.45) is 0 Å². The fourth-order valence-corrected chi connectivity index (χ4v) is 7.05. The molecule has 4 heterocycles. The minimum atomic E-state index is -2.04. The molecule has 0 bridgehead atoms. The molecule has 0 fully saturated rings. The van der Waals surface area contributed by atoms with Crippen LogP contribution in [0.25, 0.3) is 11.0 Å². The standard InChI is InChI=1S/C32H22FN3O6S/c1-16-8-4-5-9-18(16)15-35-22-11-7-6-10-21(22)32(30(35)40)24-25(37)20-14-19(33)12-13-23(20)42-26(24)28(38)36(32)31-34-17(2)27(43-31)29(39)41-3/h4-14H,15H2,1-3H3. The number of para-hydroxylation sites is 1. The highest BCUT2D eigenvalue weighted by Gasteiger charge is 2.66. The van der Waals surface area contributed by atoms with Crippen LogP contribution < -0.4 is 15.2 Å². The molecule has 0 N–H and O–H groups in total. The van der Waals surface area contributed by atoms with E-state index in [1.165, 1.54) is 18.1 Å². The number of amides is 2. The monoisotopic (exact) mass is 595 g/mol. The molecule has 0 aliphatic carbocycles. The third-order valence-electron chi connectivity index (χ3n) is 8.02. The lowest BCUT2D eigenvalue weighted by atomic mass is 9.84. The number of anilines is 2. The SMILES string of the molecule is COC(=O)c1sc(N2C(=O)c3oc4ccc(F)cc4c(=O)c3C23C(=O)N(Cc2ccccc2C)c2ccccc23)nc1C. The Morgan fingerprint density at radius 2 is 1.79 bits per heavy atom. The molecule has 5 aromatic rings. The van der Waals surface area contributed by atoms with Crippen molar-refractivity contribution >= 4 is 50.9 Å². The number of carbonyl (C=O) groups is 3. The Kier molecular flexibility index (Phi) is 5.86. The molecule has 11 heteroatoms. The van der Waals surface area contributed by atoms with E-state index in [-0.39, 0.29) is 44.5 Å². The number of rotatable bonds is 4. The lowest BCUT2D eigenvalue weighted by molar-refractivity contribution is -0.121. The van der Waals surface area contributed by atoms with Crippen molar-refractivity contribution in [1.82, 2.24) is 4.98 Å². The molecule has 214 valence electrons. The van der Waals surface area contributed by atoms with Crippen molar-refractivity contribution in [1.29, 1.82) is 0 Å². The summed E-state index contributed by atoms with van der Waals surface area (Å²) in [6.45, 7) is 3.67. The number of nitrogens with zero attached hydrogens (tertiary/aromatic N) is 3. The number of halogens is 1. The Bertz CT molecular complexity index is 2100. The van der Waals surface area contributed by atoms with Crippen LogP contribution >= 0.6 is 11.3 Å². The highest BCUT2D eigenvalue weighted by atomic mass is 32.1. The smallest absolute Gasteiger partial charge is 0.350 e. The Labute approximate surface area is 247 Å². The number of aromatic nitrogens is 1. The first-order valence-electron chi connectivity index (χ1n) is 13.3. The van der Waals surface area contributed by atoms with E-state index < -0.39 is 34.6 Å². The normalized spacial score (nSPS) is 17.2. The number of ether oxygens (including phenoxy) is 1. The second-order valence-electron chi connectivity index (χ2n) is 10.4. The molecular formula is C32H22FN3O6S. The van der Waals surface area contributed by atoms with Gasteiger partial charge < -0.3 is 14.1 Å². The number of carbonyl (C=O) groups excluding carboxylic acids is 3. The van der Waals surface area contributed by atoms with Gasteiger partial charge in [0.2, 0.25) is 5.76 Å². The highest BCUT2D eigenvalue weighted by molar-refractivity contribution is 7.17. The van der Waals surface area contributed by atoms with Crippen LogP contribution in [0.5, 0.6) is 0 Å². The van der Waals surface area contributed by atoms with E-state index in [1.807, 2.05) is 31.2 Å². The summed E-state index contributed by atoms with van der Waals surface area (Å²) in [5.74, 6) is -3.05. The number of methoxy groups -OCH3 is 1. The van der Waals surface area contributed by atoms with Gasteiger partial charge in [-0.15, -0.1) is 0 Å². The zero-order chi connectivity index (χ0) is 30.2. The van der Waals surface area contributed by atoms with Gasteiger partial charge in [-0.05, 0) is 49.2 Å². The highest BCUT2D eigenvalue weighted by Crippen LogP contribution is 2.55. The minimum Gasteiger partial charge on any atom is -0.465 e. The number of benzene rings is 3. The average molecular weight is 596 g/mol. The predicted octanol–water partition coefficient (Wildman–Crippen LogP) is 5.24. The molecule has 2 aliphatic rings. The van der Waals surface area contributed by atoms with E-state index >= 15 is 0 Å². The average Bonchev–Trinajstić information content (AvgIpc) is 3.59. The van der Waals surface area contributed by atoms with E-state index in [0.717, 1.165) is 39.5 Å². The van der Waals surface area contributed by atoms with Gasteiger partial charge in [0.25, 0.3) is 11.8 Å². The van der Waals surface area contributed by atoms with Crippen LogP contribution in [-0.4, -0.2) is 29.9 Å². The predicted molar refractivity (Wildman–Crippen MR) is 157 cm³/mol. The number of hydrogen-bond acceptors (Lipinski definition) is 8. The summed E-state index contributed by atoms with van der Waals surface area (Å²) in [5, 5.41) is -0.106. The number of hydrogen-bond donors (Lipinski definition) is 0. The molecule has 1 unspecified atom stereocenters. The van der Waals surface area contributed by atoms with Gasteiger partial charge in [0, 0.05) is 5.56 Å². The van der Waals surface area contributed by atoms with Gasteiger partial charge >= 0.3 is 5.97 Å². The van der Waals surface area contributed by atoms with Crippen LogP contribution in [0, 0.1) is 19.7 Å². The first-order chi connectivity index (χ1) is 20.7. The topological polar surface area (TPSA) is 110 Å². The van der Waals surface area contributed by atoms with Gasteiger partial charge in [-0.25, -0.2) is 14.2 Å². The van der Waals surface area contributed by atoms with Crippen molar-refractivity contribution in [3.8, 4) is 0 Å². The molecule has 0 saturated carbocycles. The Morgan fingerprint density at radius 3 is 2.56 bits per heavy atom. The second-order valence-corrected chi connectivity index (χ2v) is 11.3. The molecule has 43 heavy (non-hydrogen) atoms. The van der Waals surface area contributed by atoms with Crippen molar-refractivity contribution in [3.63, 3.8) is 0 Å². The minimum absolute atomic E-state index is 0.00318. The van der Waals surface area contributed by atoms with Crippen molar-refractivity contribution < 1.29 is 27.9 Å². The Hall–Kier alpha value is -5.16. The van der Waals surface area contributed by atoms with Crippen LogP contribution in [0.3, 0.4) is 0 Å². The summed E-state index contributed by atoms with van der Waals surface area (Å²) in [6, 6.07) is 17.9. The number of esters is 1. The maximum atomic E-state index is 15.0. The summed E-state index contributed by atoms with van der Waals surface area (Å²) < 4.78 is 25.3. The van der Waals surface area contributed by atoms with Gasteiger partial charge in [-0.3, -0.25) is 19.3 Å². The Morgan fingerprint density at radius 1 is 1.05 bits per heavy atom. The van der Waals surface area contributed by atoms with Crippen LogP contribution in [0.2, 0.25) is 0 Å². The lowest BCUT2D eigenvalue weighted by Crippen LogP contribution is -2.53. The van der Waals surface area contributed by atoms with Crippen molar-refractivity contribution in [2.75, 3.05) is 16.9 Å². The third kappa shape index (κ3) is 3.58. The number of fused-ring (bicyclic) bond motifs is 5. The number of thiazole rings is 1. The molecule has 1 spiro atoms. The van der Waals surface area contributed by atoms with Crippen LogP contribution in [-0.2, 0) is 21.6 Å². The molecule has 2 aromatic heterocycles. The molecule has 3 aromatic carbocycles. The maximum Gasteiger partial charge on any atom is 0.350 e. The molecule has 7 rings (SSSR count). The molecule has 0 radical (unpaired) electrons. The summed E-state index contributed by atoms with van der Waals surface area (Å²) >= 11 is 0.867. The lowest BCUT2D eigenvalue weighted by Gasteiger charge is -2.32. The molecule has 1 atom stereocenters. The third-order valence-corrected chi connectivity index (χ3v) is 9.15. The van der Waals surface area contributed by atoms with Crippen molar-refractivity contribution in [2.45, 2.75) is 25.9 Å². The molecule has 0 saturated heterocycles. The van der Waals surface area contributed by atoms with Gasteiger partial charge in [0.1, 0.15) is 16.3 Å². The Balaban J connectivity index is 1.56. The van der Waals surface area contributed by atoms with Crippen molar-refractivity contribution in [3.05, 3.63) is 121 Å². The van der Waals surface area contributed by atoms with E-state index in [2.05, 4.69) is 4.98 Å². The van der Waals surface area contributed by atoms with Crippen LogP contribution in [0.1, 0.15) is 48.2 Å². The van der Waals surface area contributed by atoms with Gasteiger partial charge in [-0.1, -0.05) is 53.8 Å². The largest absolute Gasteiger partial charge is 0.465 e. The van der Waals surface area contributed by atoms with Crippen LogP contribution in [0.4, 0.5) is 15.2 Å². The maximum absolute atomic E-state index is 15.0. The van der Waals surface area contributed by atoms with Gasteiger partial charge in [0.05, 0.1) is 36.0 Å². The zero-order valence-corrected chi connectivity index (χ0v) is 24.0. The van der Waals surface area contributed by atoms with E-state index in [1.54, 1.807) is 31.2 Å². The molecule has 2 aliphatic heterocycles. The zero-order valence-electron chi connectivity index (χ0n) is 23.1. The quantitative estimate of drug-likeness (QED) is 0.261. The van der Waals surface area contributed by atoms with E-state index in [9.17, 15) is 23.6 Å². The van der Waals surface area contributed by atoms with Crippen LogP contribution in [0.15, 0.2) is 75.9 Å². The first-order valence-corrected chi connectivity index (χ1v) is 14.1. The van der Waals surface area contributed by atoms with Gasteiger partial charge in [-0.2, -0.15) is 0 Å². The van der Waals surface area contributed by atoms with Gasteiger partial charge in [0.15, 0.2) is 16.1 Å². The second kappa shape index (κ2) is 9.43. The van der Waals surface area contributed by atoms with E-state index in [4.69, 9.17) is 9.15 Å². The van der Waals surface area contributed by atoms with E-state index in [0.29, 0.717) is 11.3 Å². The molecule has 2 amide bonds. The summed E-state index contributed by atoms with van der Waals surface area (Å²) in [7, 11) is 1.23. The fourth-order valence-electron chi connectivity index (χ4n) is 6.01. The summed E-state index contributed by atoms with van der Waals surface area (Å²) in [6.07, 6.45) is 0. The summed E-state index contributed by atoms with van der Waals surface area (Å²) in [4.78, 5) is 63.5. The summed E-state index contributed by atoms with van der Waals surface area (Å²) in [5.41, 5.74) is -0.0362. The number of aryl methyl sites for hydroxylation is 2. The first kappa shape index (κ1) is 26.7. The molecular weight excluding hydrogens is 573 g/mol. The fraction of sp³-hybridized carbons (Fsp3) is 0.156.